The van der Waals surface area contributed by atoms with Gasteiger partial charge in [0.25, 0.3) is 5.91 Å². The zero-order chi connectivity index (χ0) is 14.4. The largest absolute Gasteiger partial charge is 0.395 e. The molecule has 0 aliphatic carbocycles. The van der Waals surface area contributed by atoms with Gasteiger partial charge < -0.3 is 15.7 Å². The SMILES string of the molecule is CCC(CC)N(CCO)C(=O)c1cc(C)nc(N)c1. The maximum atomic E-state index is 12.5. The number of nitrogens with zero attached hydrogens (tertiary/aromatic N) is 2. The normalized spacial score (nSPS) is 10.8. The fourth-order valence-corrected chi connectivity index (χ4v) is 2.27. The summed E-state index contributed by atoms with van der Waals surface area (Å²) in [4.78, 5) is 18.3. The third-order valence-corrected chi connectivity index (χ3v) is 3.21. The Balaban J connectivity index is 3.04. The molecule has 0 aliphatic rings. The molecule has 3 N–H and O–H groups in total. The number of amides is 1. The second kappa shape index (κ2) is 7.09. The van der Waals surface area contributed by atoms with Crippen molar-refractivity contribution in [3.8, 4) is 0 Å². The lowest BCUT2D eigenvalue weighted by Crippen LogP contribution is -2.41. The molecule has 1 rings (SSSR count). The minimum atomic E-state index is -0.0973. The molecule has 0 bridgehead atoms. The molecule has 0 fully saturated rings. The van der Waals surface area contributed by atoms with Crippen molar-refractivity contribution >= 4 is 11.7 Å². The molecule has 1 heterocycles. The molecule has 1 aromatic heterocycles. The molecule has 0 atom stereocenters. The molecular formula is C14H23N3O2. The maximum absolute atomic E-state index is 12.5. The smallest absolute Gasteiger partial charge is 0.254 e. The highest BCUT2D eigenvalue weighted by atomic mass is 16.3. The molecule has 0 saturated carbocycles. The average molecular weight is 265 g/mol. The van der Waals surface area contributed by atoms with Gasteiger partial charge in [-0.15, -0.1) is 0 Å². The molecular weight excluding hydrogens is 242 g/mol. The summed E-state index contributed by atoms with van der Waals surface area (Å²) in [6.07, 6.45) is 1.73. The van der Waals surface area contributed by atoms with Gasteiger partial charge in [-0.25, -0.2) is 4.98 Å². The van der Waals surface area contributed by atoms with Gasteiger partial charge in [-0.3, -0.25) is 4.79 Å². The summed E-state index contributed by atoms with van der Waals surface area (Å²) in [6.45, 7) is 6.19. The van der Waals surface area contributed by atoms with Gasteiger partial charge in [-0.1, -0.05) is 13.8 Å². The maximum Gasteiger partial charge on any atom is 0.254 e. The van der Waals surface area contributed by atoms with E-state index in [-0.39, 0.29) is 18.6 Å². The van der Waals surface area contributed by atoms with Crippen LogP contribution in [0.5, 0.6) is 0 Å². The van der Waals surface area contributed by atoms with Gasteiger partial charge in [0, 0.05) is 23.8 Å². The second-order valence-electron chi connectivity index (χ2n) is 4.61. The van der Waals surface area contributed by atoms with Crippen LogP contribution in [0.3, 0.4) is 0 Å². The first kappa shape index (κ1) is 15.4. The predicted molar refractivity (Wildman–Crippen MR) is 75.9 cm³/mol. The molecule has 0 aliphatic heterocycles. The standard InChI is InChI=1S/C14H23N3O2/c1-4-12(5-2)17(6-7-18)14(19)11-8-10(3)16-13(15)9-11/h8-9,12,18H,4-7H2,1-3H3,(H2,15,16). The molecule has 1 aromatic rings. The topological polar surface area (TPSA) is 79.5 Å². The summed E-state index contributed by atoms with van der Waals surface area (Å²) in [6, 6.07) is 3.45. The van der Waals surface area contributed by atoms with E-state index in [1.807, 2.05) is 13.8 Å². The number of hydrogen-bond acceptors (Lipinski definition) is 4. The first-order valence-electron chi connectivity index (χ1n) is 6.69. The molecule has 0 unspecified atom stereocenters. The van der Waals surface area contributed by atoms with Gasteiger partial charge in [0.05, 0.1) is 6.61 Å². The molecule has 5 heteroatoms. The lowest BCUT2D eigenvalue weighted by Gasteiger charge is -2.30. The van der Waals surface area contributed by atoms with Crippen molar-refractivity contribution in [2.75, 3.05) is 18.9 Å². The van der Waals surface area contributed by atoms with Crippen LogP contribution in [0.1, 0.15) is 42.7 Å². The summed E-state index contributed by atoms with van der Waals surface area (Å²) >= 11 is 0. The van der Waals surface area contributed by atoms with E-state index in [0.29, 0.717) is 17.9 Å². The number of aliphatic hydroxyl groups is 1. The minimum Gasteiger partial charge on any atom is -0.395 e. The van der Waals surface area contributed by atoms with Crippen LogP contribution in [-0.4, -0.2) is 40.1 Å². The fraction of sp³-hybridized carbons (Fsp3) is 0.571. The van der Waals surface area contributed by atoms with E-state index in [1.54, 1.807) is 24.0 Å². The van der Waals surface area contributed by atoms with Crippen molar-refractivity contribution in [3.05, 3.63) is 23.4 Å². The van der Waals surface area contributed by atoms with Crippen LogP contribution in [0.25, 0.3) is 0 Å². The number of anilines is 1. The average Bonchev–Trinajstić information content (AvgIpc) is 2.37. The predicted octanol–water partition coefficient (Wildman–Crippen LogP) is 1.60. The van der Waals surface area contributed by atoms with Gasteiger partial charge in [0.15, 0.2) is 0 Å². The highest BCUT2D eigenvalue weighted by Gasteiger charge is 2.22. The monoisotopic (exact) mass is 265 g/mol. The molecule has 1 amide bonds. The van der Waals surface area contributed by atoms with E-state index in [1.165, 1.54) is 0 Å². The summed E-state index contributed by atoms with van der Waals surface area (Å²) in [5.41, 5.74) is 6.93. The first-order chi connectivity index (χ1) is 9.03. The second-order valence-corrected chi connectivity index (χ2v) is 4.61. The van der Waals surface area contributed by atoms with Crippen LogP contribution in [0, 0.1) is 6.92 Å². The Bertz CT molecular complexity index is 410. The van der Waals surface area contributed by atoms with Crippen molar-refractivity contribution < 1.29 is 9.90 Å². The number of aromatic nitrogens is 1. The summed E-state index contributed by atoms with van der Waals surface area (Å²) in [7, 11) is 0. The molecule has 0 radical (unpaired) electrons. The number of pyridine rings is 1. The number of nitrogens with two attached hydrogens (primary N) is 1. The number of hydrogen-bond donors (Lipinski definition) is 2. The first-order valence-corrected chi connectivity index (χ1v) is 6.69. The Labute approximate surface area is 114 Å². The quantitative estimate of drug-likeness (QED) is 0.818. The van der Waals surface area contributed by atoms with E-state index in [2.05, 4.69) is 4.98 Å². The summed E-state index contributed by atoms with van der Waals surface area (Å²) < 4.78 is 0. The van der Waals surface area contributed by atoms with Gasteiger partial charge in [-0.05, 0) is 31.9 Å². The minimum absolute atomic E-state index is 0.0399. The van der Waals surface area contributed by atoms with Crippen molar-refractivity contribution in [1.29, 1.82) is 0 Å². The van der Waals surface area contributed by atoms with Crippen molar-refractivity contribution in [2.24, 2.45) is 0 Å². The van der Waals surface area contributed by atoms with E-state index in [9.17, 15) is 4.79 Å². The lowest BCUT2D eigenvalue weighted by atomic mass is 10.1. The Morgan fingerprint density at radius 3 is 2.53 bits per heavy atom. The Morgan fingerprint density at radius 1 is 1.42 bits per heavy atom. The Hall–Kier alpha value is -1.62. The van der Waals surface area contributed by atoms with Gasteiger partial charge in [0.2, 0.25) is 0 Å². The number of rotatable bonds is 6. The van der Waals surface area contributed by atoms with E-state index < -0.39 is 0 Å². The highest BCUT2D eigenvalue weighted by molar-refractivity contribution is 5.95. The van der Waals surface area contributed by atoms with E-state index >= 15 is 0 Å². The molecule has 0 aromatic carbocycles. The number of carbonyl (C=O) groups is 1. The molecule has 0 saturated heterocycles. The zero-order valence-corrected chi connectivity index (χ0v) is 11.9. The van der Waals surface area contributed by atoms with Crippen molar-refractivity contribution in [2.45, 2.75) is 39.7 Å². The van der Waals surface area contributed by atoms with Crippen LogP contribution in [0.15, 0.2) is 12.1 Å². The number of nitrogen functional groups attached to an aromatic ring is 1. The highest BCUT2D eigenvalue weighted by Crippen LogP contribution is 2.15. The fourth-order valence-electron chi connectivity index (χ4n) is 2.27. The van der Waals surface area contributed by atoms with Crippen LogP contribution in [0.2, 0.25) is 0 Å². The molecule has 19 heavy (non-hydrogen) atoms. The van der Waals surface area contributed by atoms with Crippen molar-refractivity contribution in [1.82, 2.24) is 9.88 Å². The number of carbonyl (C=O) groups excluding carboxylic acids is 1. The van der Waals surface area contributed by atoms with Gasteiger partial charge in [0.1, 0.15) is 5.82 Å². The zero-order valence-electron chi connectivity index (χ0n) is 11.9. The third kappa shape index (κ3) is 3.92. The van der Waals surface area contributed by atoms with E-state index in [0.717, 1.165) is 18.5 Å². The lowest BCUT2D eigenvalue weighted by molar-refractivity contribution is 0.0622. The molecule has 5 nitrogen and oxygen atoms in total. The number of aryl methyl sites for hydroxylation is 1. The summed E-state index contributed by atoms with van der Waals surface area (Å²) in [5, 5.41) is 9.15. The number of aliphatic hydroxyl groups excluding tert-OH is 1. The summed E-state index contributed by atoms with van der Waals surface area (Å²) in [5.74, 6) is 0.247. The van der Waals surface area contributed by atoms with Gasteiger partial charge in [-0.2, -0.15) is 0 Å². The molecule has 0 spiro atoms. The van der Waals surface area contributed by atoms with E-state index in [4.69, 9.17) is 10.8 Å². The molecule has 106 valence electrons. The Kier molecular flexibility index (Phi) is 5.76. The van der Waals surface area contributed by atoms with Gasteiger partial charge >= 0.3 is 0 Å². The van der Waals surface area contributed by atoms with Crippen LogP contribution < -0.4 is 5.73 Å². The Morgan fingerprint density at radius 2 is 2.05 bits per heavy atom. The van der Waals surface area contributed by atoms with Crippen LogP contribution in [0.4, 0.5) is 5.82 Å². The third-order valence-electron chi connectivity index (χ3n) is 3.21. The van der Waals surface area contributed by atoms with Crippen LogP contribution >= 0.6 is 0 Å². The van der Waals surface area contributed by atoms with Crippen molar-refractivity contribution in [3.63, 3.8) is 0 Å². The van der Waals surface area contributed by atoms with Crippen LogP contribution in [-0.2, 0) is 0 Å².